The molecule has 0 saturated carbocycles. The molecule has 0 atom stereocenters. The van der Waals surface area contributed by atoms with E-state index in [1.54, 1.807) is 23.2 Å². The molecule has 0 spiro atoms. The van der Waals surface area contributed by atoms with Gasteiger partial charge in [-0.3, -0.25) is 9.69 Å². The average Bonchev–Trinajstić information content (AvgIpc) is 3.05. The third-order valence-corrected chi connectivity index (χ3v) is 5.84. The summed E-state index contributed by atoms with van der Waals surface area (Å²) in [5, 5.41) is 0.806. The van der Waals surface area contributed by atoms with E-state index in [9.17, 15) is 4.79 Å². The zero-order valence-corrected chi connectivity index (χ0v) is 17.1. The molecule has 144 valence electrons. The maximum absolute atomic E-state index is 13.4. The smallest absolute Gasteiger partial charge is 0.271 e. The topological polar surface area (TPSA) is 71.6 Å². The van der Waals surface area contributed by atoms with E-state index in [0.29, 0.717) is 21.4 Å². The zero-order chi connectivity index (χ0) is 20.4. The summed E-state index contributed by atoms with van der Waals surface area (Å²) >= 11 is 7.50. The number of aliphatic imine (C=N–C) groups is 1. The zero-order valence-electron chi connectivity index (χ0n) is 15.5. The Bertz CT molecular complexity index is 1140. The number of hydrogen-bond donors (Lipinski definition) is 1. The third-order valence-electron chi connectivity index (χ3n) is 4.41. The number of anilines is 2. The maximum Gasteiger partial charge on any atom is 0.271 e. The van der Waals surface area contributed by atoms with Crippen LogP contribution in [0.3, 0.4) is 0 Å². The number of pyridine rings is 1. The molecule has 0 aliphatic carbocycles. The lowest BCUT2D eigenvalue weighted by Gasteiger charge is -2.15. The molecule has 1 fully saturated rings. The van der Waals surface area contributed by atoms with Crippen molar-refractivity contribution in [2.45, 2.75) is 6.92 Å². The van der Waals surface area contributed by atoms with Crippen LogP contribution < -0.4 is 10.6 Å². The molecule has 1 aliphatic heterocycles. The summed E-state index contributed by atoms with van der Waals surface area (Å²) in [4.78, 5) is 24.3. The highest BCUT2D eigenvalue weighted by atomic mass is 35.5. The first-order valence-corrected chi connectivity index (χ1v) is 10.1. The number of rotatable bonds is 3. The van der Waals surface area contributed by atoms with E-state index in [4.69, 9.17) is 17.3 Å². The van der Waals surface area contributed by atoms with Crippen molar-refractivity contribution in [3.05, 3.63) is 88.5 Å². The Morgan fingerprint density at radius 2 is 1.90 bits per heavy atom. The lowest BCUT2D eigenvalue weighted by Crippen LogP contribution is -2.28. The van der Waals surface area contributed by atoms with Crippen molar-refractivity contribution in [3.63, 3.8) is 0 Å². The fourth-order valence-corrected chi connectivity index (χ4v) is 4.17. The molecule has 0 unspecified atom stereocenters. The van der Waals surface area contributed by atoms with Crippen molar-refractivity contribution in [1.82, 2.24) is 4.98 Å². The number of carbonyl (C=O) groups is 1. The van der Waals surface area contributed by atoms with Crippen LogP contribution in [0, 0.1) is 0 Å². The van der Waals surface area contributed by atoms with Gasteiger partial charge < -0.3 is 5.73 Å². The molecule has 2 N–H and O–H groups in total. The number of allylic oxidation sites excluding steroid dienone is 1. The Balaban J connectivity index is 1.85. The van der Waals surface area contributed by atoms with Crippen LogP contribution in [0.4, 0.5) is 17.1 Å². The highest BCUT2D eigenvalue weighted by Gasteiger charge is 2.36. The van der Waals surface area contributed by atoms with Gasteiger partial charge in [-0.05, 0) is 66.2 Å². The number of nitrogens with zero attached hydrogens (tertiary/aromatic N) is 3. The van der Waals surface area contributed by atoms with Gasteiger partial charge in [-0.2, -0.15) is 0 Å². The number of nitrogen functional groups attached to an aromatic ring is 1. The number of carbonyl (C=O) groups excluding carboxylic acids is 1. The minimum atomic E-state index is -0.139. The van der Waals surface area contributed by atoms with Gasteiger partial charge >= 0.3 is 0 Å². The van der Waals surface area contributed by atoms with Crippen molar-refractivity contribution in [2.24, 2.45) is 4.99 Å². The Morgan fingerprint density at radius 3 is 2.62 bits per heavy atom. The average molecular weight is 421 g/mol. The molecule has 0 radical (unpaired) electrons. The van der Waals surface area contributed by atoms with Gasteiger partial charge in [-0.25, -0.2) is 9.98 Å². The van der Waals surface area contributed by atoms with Gasteiger partial charge in [0.2, 0.25) is 0 Å². The van der Waals surface area contributed by atoms with Gasteiger partial charge in [-0.15, -0.1) is 0 Å². The molecule has 7 heteroatoms. The van der Waals surface area contributed by atoms with Gasteiger partial charge in [-0.1, -0.05) is 41.9 Å². The molecule has 2 aromatic carbocycles. The second-order valence-corrected chi connectivity index (χ2v) is 7.70. The molecule has 1 saturated heterocycles. The number of aromatic nitrogens is 1. The van der Waals surface area contributed by atoms with Crippen LogP contribution in [0.15, 0.2) is 82.8 Å². The van der Waals surface area contributed by atoms with Gasteiger partial charge in [0.15, 0.2) is 10.3 Å². The number of amides is 1. The molecule has 2 heterocycles. The molecule has 0 bridgehead atoms. The highest BCUT2D eigenvalue weighted by molar-refractivity contribution is 8.19. The minimum Gasteiger partial charge on any atom is -0.399 e. The largest absolute Gasteiger partial charge is 0.399 e. The molecule has 4 rings (SSSR count). The first kappa shape index (κ1) is 19.2. The van der Waals surface area contributed by atoms with Crippen LogP contribution in [0.2, 0.25) is 5.15 Å². The quantitative estimate of drug-likeness (QED) is 0.344. The Labute approximate surface area is 177 Å². The summed E-state index contributed by atoms with van der Waals surface area (Å²) < 4.78 is 0. The van der Waals surface area contributed by atoms with E-state index >= 15 is 0 Å². The standard InChI is InChI=1S/C22H17ClN4OS/c1-14(15-7-5-8-16(24)13-15)19-21(28)27(17-9-3-2-4-10-17)22(29-19)26-18-11-6-12-25-20(18)23/h2-13H,24H2,1H3/b19-14-,26-22?. The molecule has 29 heavy (non-hydrogen) atoms. The molecule has 1 amide bonds. The van der Waals surface area contributed by atoms with Gasteiger partial charge in [0.05, 0.1) is 10.6 Å². The molecule has 5 nitrogen and oxygen atoms in total. The molecule has 1 aliphatic rings. The summed E-state index contributed by atoms with van der Waals surface area (Å²) in [5.41, 5.74) is 9.56. The summed E-state index contributed by atoms with van der Waals surface area (Å²) in [6.07, 6.45) is 1.60. The van der Waals surface area contributed by atoms with E-state index in [1.807, 2.05) is 61.5 Å². The normalized spacial score (nSPS) is 17.1. The monoisotopic (exact) mass is 420 g/mol. The van der Waals surface area contributed by atoms with E-state index in [0.717, 1.165) is 16.8 Å². The third kappa shape index (κ3) is 3.90. The van der Waals surface area contributed by atoms with Crippen LogP contribution in [-0.2, 0) is 4.79 Å². The maximum atomic E-state index is 13.4. The number of nitrogens with two attached hydrogens (primary N) is 1. The second kappa shape index (κ2) is 8.11. The predicted octanol–water partition coefficient (Wildman–Crippen LogP) is 5.52. The Morgan fingerprint density at radius 1 is 1.10 bits per heavy atom. The number of thioether (sulfide) groups is 1. The van der Waals surface area contributed by atoms with Crippen molar-refractivity contribution in [1.29, 1.82) is 0 Å². The van der Waals surface area contributed by atoms with E-state index in [-0.39, 0.29) is 11.1 Å². The second-order valence-electron chi connectivity index (χ2n) is 6.37. The van der Waals surface area contributed by atoms with Crippen LogP contribution in [0.5, 0.6) is 0 Å². The first-order chi connectivity index (χ1) is 14.0. The van der Waals surface area contributed by atoms with Crippen molar-refractivity contribution >= 4 is 57.1 Å². The van der Waals surface area contributed by atoms with Gasteiger partial charge in [0.25, 0.3) is 5.91 Å². The van der Waals surface area contributed by atoms with E-state index in [2.05, 4.69) is 9.98 Å². The molecular formula is C22H17ClN4OS. The first-order valence-electron chi connectivity index (χ1n) is 8.88. The van der Waals surface area contributed by atoms with Gasteiger partial charge in [0, 0.05) is 11.9 Å². The fraction of sp³-hybridized carbons (Fsp3) is 0.0455. The van der Waals surface area contributed by atoms with Gasteiger partial charge in [0.1, 0.15) is 5.69 Å². The number of amidine groups is 1. The lowest BCUT2D eigenvalue weighted by molar-refractivity contribution is -0.113. The van der Waals surface area contributed by atoms with Crippen LogP contribution in [-0.4, -0.2) is 16.1 Å². The summed E-state index contributed by atoms with van der Waals surface area (Å²) in [6, 6.07) is 20.4. The van der Waals surface area contributed by atoms with Crippen molar-refractivity contribution in [3.8, 4) is 0 Å². The summed E-state index contributed by atoms with van der Waals surface area (Å²) in [7, 11) is 0. The van der Waals surface area contributed by atoms with E-state index in [1.165, 1.54) is 11.8 Å². The summed E-state index contributed by atoms with van der Waals surface area (Å²) in [5.74, 6) is -0.139. The Hall–Kier alpha value is -3.09. The number of benzene rings is 2. The van der Waals surface area contributed by atoms with Crippen molar-refractivity contribution in [2.75, 3.05) is 10.6 Å². The number of para-hydroxylation sites is 1. The van der Waals surface area contributed by atoms with Crippen LogP contribution >= 0.6 is 23.4 Å². The Kier molecular flexibility index (Phi) is 5.38. The SMILES string of the molecule is C/C(=C1/SC(=Nc2cccnc2Cl)N(c2ccccc2)C1=O)c1cccc(N)c1. The number of halogens is 1. The van der Waals surface area contributed by atoms with Crippen molar-refractivity contribution < 1.29 is 4.79 Å². The predicted molar refractivity (Wildman–Crippen MR) is 121 cm³/mol. The highest BCUT2D eigenvalue weighted by Crippen LogP contribution is 2.40. The molecular weight excluding hydrogens is 404 g/mol. The van der Waals surface area contributed by atoms with Crippen LogP contribution in [0.1, 0.15) is 12.5 Å². The minimum absolute atomic E-state index is 0.139. The number of hydrogen-bond acceptors (Lipinski definition) is 5. The lowest BCUT2D eigenvalue weighted by atomic mass is 10.1. The molecule has 1 aromatic heterocycles. The molecule has 3 aromatic rings. The fourth-order valence-electron chi connectivity index (χ4n) is 2.95. The van der Waals surface area contributed by atoms with Crippen LogP contribution in [0.25, 0.3) is 5.57 Å². The van der Waals surface area contributed by atoms with E-state index < -0.39 is 0 Å². The summed E-state index contributed by atoms with van der Waals surface area (Å²) in [6.45, 7) is 1.91.